The van der Waals surface area contributed by atoms with Gasteiger partial charge in [-0.15, -0.1) is 10.2 Å². The number of carbonyl (C=O) groups excluding carboxylic acids is 1. The zero-order valence-electron chi connectivity index (χ0n) is 20.7. The van der Waals surface area contributed by atoms with E-state index in [2.05, 4.69) is 20.2 Å². The van der Waals surface area contributed by atoms with Gasteiger partial charge >= 0.3 is 12.3 Å². The van der Waals surface area contributed by atoms with Gasteiger partial charge in [-0.25, -0.2) is 13.2 Å². The molecule has 1 aromatic heterocycles. The maximum atomic E-state index is 13.2. The smallest absolute Gasteiger partial charge is 0.416 e. The molecule has 1 saturated heterocycles. The highest BCUT2D eigenvalue weighted by atomic mass is 32.2. The first-order chi connectivity index (χ1) is 16.5. The Kier molecular flexibility index (Phi) is 7.72. The van der Waals surface area contributed by atoms with Gasteiger partial charge in [-0.05, 0) is 64.3 Å². The van der Waals surface area contributed by atoms with Crippen LogP contribution in [0.4, 0.5) is 29.5 Å². The summed E-state index contributed by atoms with van der Waals surface area (Å²) in [6.07, 6.45) is -2.61. The number of nitrogens with zero attached hydrogens (tertiary/aromatic N) is 3. The molecule has 0 unspecified atom stereocenters. The molecule has 1 aliphatic rings. The quantitative estimate of drug-likeness (QED) is 0.579. The van der Waals surface area contributed by atoms with Crippen molar-refractivity contribution >= 4 is 27.6 Å². The molecule has 0 aliphatic carbocycles. The van der Waals surface area contributed by atoms with Crippen LogP contribution in [0.1, 0.15) is 44.7 Å². The van der Waals surface area contributed by atoms with Crippen molar-refractivity contribution in [3.8, 4) is 11.3 Å². The minimum absolute atomic E-state index is 0.0985. The average Bonchev–Trinajstić information content (AvgIpc) is 2.72. The number of halogens is 3. The molecule has 0 radical (unpaired) electrons. The van der Waals surface area contributed by atoms with Gasteiger partial charge in [0.2, 0.25) is 10.0 Å². The number of ether oxygens (including phenoxy) is 1. The predicted octanol–water partition coefficient (Wildman–Crippen LogP) is 4.65. The third-order valence-corrected chi connectivity index (χ3v) is 5.91. The van der Waals surface area contributed by atoms with Gasteiger partial charge in [0.25, 0.3) is 0 Å². The second-order valence-electron chi connectivity index (χ2n) is 9.80. The van der Waals surface area contributed by atoms with Crippen LogP contribution in [0.25, 0.3) is 11.3 Å². The van der Waals surface area contributed by atoms with Crippen LogP contribution in [0.3, 0.4) is 0 Å². The van der Waals surface area contributed by atoms with Crippen molar-refractivity contribution in [2.24, 2.45) is 0 Å². The van der Waals surface area contributed by atoms with Gasteiger partial charge in [-0.3, -0.25) is 4.72 Å². The number of alkyl halides is 3. The summed E-state index contributed by atoms with van der Waals surface area (Å²) in [6.45, 7) is 8.17. The van der Waals surface area contributed by atoms with E-state index in [1.807, 2.05) is 0 Å². The van der Waals surface area contributed by atoms with Gasteiger partial charge in [0.1, 0.15) is 5.60 Å². The van der Waals surface area contributed by atoms with Gasteiger partial charge in [0, 0.05) is 24.7 Å². The maximum absolute atomic E-state index is 13.2. The summed E-state index contributed by atoms with van der Waals surface area (Å²) in [5.74, 6) is 0.458. The van der Waals surface area contributed by atoms with Crippen LogP contribution in [0.2, 0.25) is 0 Å². The van der Waals surface area contributed by atoms with Crippen molar-refractivity contribution in [1.29, 1.82) is 0 Å². The van der Waals surface area contributed by atoms with E-state index in [0.717, 1.165) is 37.3 Å². The number of anilines is 2. The predicted molar refractivity (Wildman–Crippen MR) is 130 cm³/mol. The number of likely N-dealkylation sites (tertiary alicyclic amines) is 1. The second kappa shape index (κ2) is 10.1. The van der Waals surface area contributed by atoms with E-state index in [-0.39, 0.29) is 29.1 Å². The number of hydrogen-bond acceptors (Lipinski definition) is 7. The number of sulfonamides is 1. The summed E-state index contributed by atoms with van der Waals surface area (Å²) in [5.41, 5.74) is -0.825. The Hall–Kier alpha value is -3.09. The van der Waals surface area contributed by atoms with Gasteiger partial charge in [-0.1, -0.05) is 6.07 Å². The molecule has 1 aliphatic heterocycles. The van der Waals surface area contributed by atoms with Crippen LogP contribution >= 0.6 is 0 Å². The second-order valence-corrected chi connectivity index (χ2v) is 11.6. The molecule has 1 aromatic carbocycles. The minimum atomic E-state index is -4.64. The van der Waals surface area contributed by atoms with Gasteiger partial charge in [0.15, 0.2) is 5.82 Å². The molecular weight excluding hydrogens is 499 g/mol. The Morgan fingerprint density at radius 2 is 1.86 bits per heavy atom. The largest absolute Gasteiger partial charge is 0.444 e. The Morgan fingerprint density at radius 1 is 1.17 bits per heavy atom. The lowest BCUT2D eigenvalue weighted by molar-refractivity contribution is -0.137. The summed E-state index contributed by atoms with van der Waals surface area (Å²) in [7, 11) is -3.85. The monoisotopic (exact) mass is 529 g/mol. The summed E-state index contributed by atoms with van der Waals surface area (Å²) in [5, 5.41) is 11.6. The molecule has 2 aromatic rings. The standard InChI is InChI=1S/C23H30F3N5O4S/c1-14-11-18(17-9-8-15(23(24,25)26)12-19(17)30-36(5,33)34)28-29-20(14)27-16-7-6-10-31(13-16)21(32)35-22(2,3)4/h8-9,11-12,16,30H,6-7,10,13H2,1-5H3,(H,27,29)/t16-/m1/s1. The van der Waals surface area contributed by atoms with Crippen molar-refractivity contribution in [3.05, 3.63) is 35.4 Å². The Bertz CT molecular complexity index is 1230. The zero-order valence-corrected chi connectivity index (χ0v) is 21.5. The zero-order chi connectivity index (χ0) is 26.9. The van der Waals surface area contributed by atoms with Crippen LogP contribution < -0.4 is 10.0 Å². The number of nitrogens with one attached hydrogen (secondary N) is 2. The number of hydrogen-bond donors (Lipinski definition) is 2. The van der Waals surface area contributed by atoms with Crippen molar-refractivity contribution in [2.75, 3.05) is 29.4 Å². The molecule has 1 fully saturated rings. The third-order valence-electron chi connectivity index (χ3n) is 5.32. The molecule has 0 saturated carbocycles. The highest BCUT2D eigenvalue weighted by molar-refractivity contribution is 7.92. The van der Waals surface area contributed by atoms with Crippen LogP contribution in [0, 0.1) is 6.92 Å². The molecule has 2 N–H and O–H groups in total. The highest BCUT2D eigenvalue weighted by Crippen LogP contribution is 2.36. The fourth-order valence-electron chi connectivity index (χ4n) is 3.77. The van der Waals surface area contributed by atoms with Crippen LogP contribution in [0.5, 0.6) is 0 Å². The lowest BCUT2D eigenvalue weighted by Crippen LogP contribution is -2.47. The summed E-state index contributed by atoms with van der Waals surface area (Å²) >= 11 is 0. The maximum Gasteiger partial charge on any atom is 0.416 e. The molecular formula is C23H30F3N5O4S. The summed E-state index contributed by atoms with van der Waals surface area (Å²) < 4.78 is 70.7. The van der Waals surface area contributed by atoms with Crippen LogP contribution in [-0.2, 0) is 20.9 Å². The van der Waals surface area contributed by atoms with Crippen molar-refractivity contribution in [3.63, 3.8) is 0 Å². The average molecular weight is 530 g/mol. The Balaban J connectivity index is 1.82. The van der Waals surface area contributed by atoms with E-state index >= 15 is 0 Å². The first kappa shape index (κ1) is 27.5. The van der Waals surface area contributed by atoms with E-state index in [9.17, 15) is 26.4 Å². The van der Waals surface area contributed by atoms with Crippen LogP contribution in [0.15, 0.2) is 24.3 Å². The molecule has 13 heteroatoms. The number of benzene rings is 1. The van der Waals surface area contributed by atoms with Gasteiger partial charge < -0.3 is 15.0 Å². The van der Waals surface area contributed by atoms with Gasteiger partial charge in [0.05, 0.1) is 23.2 Å². The lowest BCUT2D eigenvalue weighted by Gasteiger charge is -2.34. The van der Waals surface area contributed by atoms with Gasteiger partial charge in [-0.2, -0.15) is 13.2 Å². The van der Waals surface area contributed by atoms with Crippen LogP contribution in [-0.4, -0.2) is 60.6 Å². The molecule has 1 atom stereocenters. The highest BCUT2D eigenvalue weighted by Gasteiger charge is 2.32. The topological polar surface area (TPSA) is 114 Å². The Labute approximate surface area is 208 Å². The van der Waals surface area contributed by atoms with E-state index in [1.54, 1.807) is 38.7 Å². The molecule has 1 amide bonds. The number of aryl methyl sites for hydroxylation is 1. The van der Waals surface area contributed by atoms with Crippen molar-refractivity contribution in [2.45, 2.75) is 58.4 Å². The Morgan fingerprint density at radius 3 is 2.44 bits per heavy atom. The third kappa shape index (κ3) is 7.45. The molecule has 2 heterocycles. The molecule has 36 heavy (non-hydrogen) atoms. The number of amides is 1. The normalized spacial score (nSPS) is 17.0. The minimum Gasteiger partial charge on any atom is -0.444 e. The molecule has 0 spiro atoms. The van der Waals surface area contributed by atoms with E-state index in [1.165, 1.54) is 0 Å². The van der Waals surface area contributed by atoms with E-state index in [4.69, 9.17) is 4.74 Å². The number of rotatable bonds is 5. The van der Waals surface area contributed by atoms with E-state index < -0.39 is 27.4 Å². The van der Waals surface area contributed by atoms with Crippen molar-refractivity contribution in [1.82, 2.24) is 15.1 Å². The molecule has 198 valence electrons. The number of piperidine rings is 1. The number of aromatic nitrogens is 2. The lowest BCUT2D eigenvalue weighted by atomic mass is 10.0. The first-order valence-electron chi connectivity index (χ1n) is 11.3. The molecule has 9 nitrogen and oxygen atoms in total. The molecule has 3 rings (SSSR count). The number of carbonyl (C=O) groups is 1. The SMILES string of the molecule is Cc1cc(-c2ccc(C(F)(F)F)cc2NS(C)(=O)=O)nnc1N[C@@H]1CCCN(C(=O)OC(C)(C)C)C1. The fraction of sp³-hybridized carbons (Fsp3) is 0.522. The fourth-order valence-corrected chi connectivity index (χ4v) is 4.34. The first-order valence-corrected chi connectivity index (χ1v) is 13.2. The van der Waals surface area contributed by atoms with E-state index in [0.29, 0.717) is 24.5 Å². The van der Waals surface area contributed by atoms with Crippen molar-refractivity contribution < 1.29 is 31.1 Å². The molecule has 0 bridgehead atoms. The summed E-state index contributed by atoms with van der Waals surface area (Å²) in [4.78, 5) is 14.1. The summed E-state index contributed by atoms with van der Waals surface area (Å²) in [6, 6.07) is 4.26.